The van der Waals surface area contributed by atoms with E-state index in [0.29, 0.717) is 0 Å². The normalized spacial score (nSPS) is 16.1. The molecule has 0 aliphatic carbocycles. The Morgan fingerprint density at radius 1 is 1.19 bits per heavy atom. The van der Waals surface area contributed by atoms with Gasteiger partial charge in [0.25, 0.3) is 0 Å². The number of nitrogens with zero attached hydrogens (tertiary/aromatic N) is 3. The number of hydrogen-bond donors (Lipinski definition) is 1. The molecule has 112 valence electrons. The van der Waals surface area contributed by atoms with Gasteiger partial charge >= 0.3 is 0 Å². The molecule has 21 heavy (non-hydrogen) atoms. The lowest BCUT2D eigenvalue weighted by molar-refractivity contribution is 0.267. The third-order valence-electron chi connectivity index (χ3n) is 3.68. The first-order valence-electron chi connectivity index (χ1n) is 7.18. The van der Waals surface area contributed by atoms with Gasteiger partial charge in [0.1, 0.15) is 0 Å². The van der Waals surface area contributed by atoms with Gasteiger partial charge in [0, 0.05) is 50.8 Å². The van der Waals surface area contributed by atoms with Gasteiger partial charge in [-0.05, 0) is 12.1 Å². The summed E-state index contributed by atoms with van der Waals surface area (Å²) in [6.45, 7) is 6.24. The predicted octanol–water partition coefficient (Wildman–Crippen LogP) is 3.03. The highest BCUT2D eigenvalue weighted by atomic mass is 35.5. The summed E-state index contributed by atoms with van der Waals surface area (Å²) in [4.78, 5) is 9.22. The molecule has 4 nitrogen and oxygen atoms in total. The largest absolute Gasteiger partial charge is 0.383 e. The highest BCUT2D eigenvalue weighted by Gasteiger charge is 2.18. The molecule has 3 rings (SSSR count). The Balaban J connectivity index is 1.41. The van der Waals surface area contributed by atoms with Crippen molar-refractivity contribution in [1.82, 2.24) is 9.88 Å². The van der Waals surface area contributed by atoms with Crippen LogP contribution in [0.1, 0.15) is 0 Å². The minimum atomic E-state index is 0.783. The first-order chi connectivity index (χ1) is 10.3. The molecule has 0 saturated carbocycles. The molecule has 2 heterocycles. The first-order valence-corrected chi connectivity index (χ1v) is 8.44. The van der Waals surface area contributed by atoms with E-state index in [2.05, 4.69) is 20.1 Å². The fourth-order valence-electron chi connectivity index (χ4n) is 2.49. The summed E-state index contributed by atoms with van der Waals surface area (Å²) in [5.74, 6) is 0. The van der Waals surface area contributed by atoms with Crippen molar-refractivity contribution < 1.29 is 0 Å². The minimum absolute atomic E-state index is 0.783. The van der Waals surface area contributed by atoms with E-state index in [-0.39, 0.29) is 0 Å². The Morgan fingerprint density at radius 3 is 2.71 bits per heavy atom. The average Bonchev–Trinajstić information content (AvgIpc) is 3.04. The predicted molar refractivity (Wildman–Crippen MR) is 90.7 cm³/mol. The average molecular weight is 323 g/mol. The van der Waals surface area contributed by atoms with E-state index in [1.54, 1.807) is 11.3 Å². The number of aromatic nitrogens is 1. The van der Waals surface area contributed by atoms with Gasteiger partial charge in [-0.15, -0.1) is 11.3 Å². The Morgan fingerprint density at radius 2 is 2.00 bits per heavy atom. The van der Waals surface area contributed by atoms with Gasteiger partial charge in [-0.2, -0.15) is 0 Å². The van der Waals surface area contributed by atoms with Gasteiger partial charge < -0.3 is 10.2 Å². The summed E-state index contributed by atoms with van der Waals surface area (Å²) in [5.41, 5.74) is 1.01. The smallest absolute Gasteiger partial charge is 0.185 e. The highest BCUT2D eigenvalue weighted by Crippen LogP contribution is 2.20. The molecule has 0 radical (unpaired) electrons. The number of para-hydroxylation sites is 1. The van der Waals surface area contributed by atoms with Crippen LogP contribution < -0.4 is 10.2 Å². The molecule has 6 heteroatoms. The quantitative estimate of drug-likeness (QED) is 0.917. The number of benzene rings is 1. The Labute approximate surface area is 134 Å². The van der Waals surface area contributed by atoms with Crippen LogP contribution in [-0.2, 0) is 0 Å². The van der Waals surface area contributed by atoms with Crippen molar-refractivity contribution in [2.45, 2.75) is 0 Å². The molecule has 1 aromatic heterocycles. The number of rotatable bonds is 5. The summed E-state index contributed by atoms with van der Waals surface area (Å²) < 4.78 is 0. The van der Waals surface area contributed by atoms with Gasteiger partial charge in [-0.25, -0.2) is 4.98 Å². The van der Waals surface area contributed by atoms with E-state index in [9.17, 15) is 0 Å². The number of nitrogens with one attached hydrogen (secondary N) is 1. The molecule has 2 aromatic rings. The van der Waals surface area contributed by atoms with E-state index >= 15 is 0 Å². The van der Waals surface area contributed by atoms with Gasteiger partial charge in [0.2, 0.25) is 0 Å². The fraction of sp³-hybridized carbons (Fsp3) is 0.400. The van der Waals surface area contributed by atoms with Crippen LogP contribution >= 0.6 is 22.9 Å². The molecule has 1 N–H and O–H groups in total. The summed E-state index contributed by atoms with van der Waals surface area (Å²) >= 11 is 7.85. The molecule has 1 aliphatic rings. The molecule has 0 spiro atoms. The molecule has 0 bridgehead atoms. The van der Waals surface area contributed by atoms with Crippen LogP contribution in [0.5, 0.6) is 0 Å². The number of halogens is 1. The van der Waals surface area contributed by atoms with E-state index in [4.69, 9.17) is 11.6 Å². The molecule has 0 amide bonds. The maximum Gasteiger partial charge on any atom is 0.185 e. The molecule has 1 aromatic carbocycles. The van der Waals surface area contributed by atoms with E-state index < -0.39 is 0 Å². The third-order valence-corrected chi connectivity index (χ3v) is 4.84. The van der Waals surface area contributed by atoms with Crippen LogP contribution in [0, 0.1) is 0 Å². The fourth-order valence-corrected chi connectivity index (χ4v) is 3.39. The third kappa shape index (κ3) is 3.87. The van der Waals surface area contributed by atoms with Crippen LogP contribution in [0.15, 0.2) is 35.8 Å². The number of hydrogen-bond acceptors (Lipinski definition) is 5. The topological polar surface area (TPSA) is 31.4 Å². The summed E-state index contributed by atoms with van der Waals surface area (Å²) in [6.07, 6.45) is 1.87. The van der Waals surface area contributed by atoms with Crippen molar-refractivity contribution >= 4 is 33.8 Å². The van der Waals surface area contributed by atoms with Crippen molar-refractivity contribution in [3.8, 4) is 0 Å². The zero-order valence-electron chi connectivity index (χ0n) is 11.8. The lowest BCUT2D eigenvalue weighted by Gasteiger charge is -2.34. The molecule has 0 atom stereocenters. The second-order valence-corrected chi connectivity index (χ2v) is 6.33. The molecule has 1 saturated heterocycles. The molecular weight excluding hydrogens is 304 g/mol. The van der Waals surface area contributed by atoms with E-state index in [1.165, 1.54) is 0 Å². The second-order valence-electron chi connectivity index (χ2n) is 5.05. The second kappa shape index (κ2) is 7.11. The molecule has 1 fully saturated rings. The maximum atomic E-state index is 6.13. The van der Waals surface area contributed by atoms with Crippen molar-refractivity contribution in [3.63, 3.8) is 0 Å². The zero-order chi connectivity index (χ0) is 14.5. The van der Waals surface area contributed by atoms with Crippen LogP contribution in [-0.4, -0.2) is 49.2 Å². The van der Waals surface area contributed by atoms with Crippen LogP contribution in [0.3, 0.4) is 0 Å². The number of thiazole rings is 1. The standard InChI is InChI=1S/C15H19ClN4S/c16-13-3-1-2-4-14(13)17-5-7-19-8-10-20(11-9-19)15-18-6-12-21-15/h1-4,6,12,17H,5,7-11H2. The Kier molecular flexibility index (Phi) is 4.95. The van der Waals surface area contributed by atoms with Gasteiger partial charge in [0.15, 0.2) is 5.13 Å². The van der Waals surface area contributed by atoms with Crippen molar-refractivity contribution in [2.24, 2.45) is 0 Å². The summed E-state index contributed by atoms with van der Waals surface area (Å²) in [7, 11) is 0. The van der Waals surface area contributed by atoms with E-state index in [0.717, 1.165) is 55.1 Å². The molecule has 1 aliphatic heterocycles. The highest BCUT2D eigenvalue weighted by molar-refractivity contribution is 7.13. The van der Waals surface area contributed by atoms with Gasteiger partial charge in [-0.3, -0.25) is 4.90 Å². The number of piperazine rings is 1. The SMILES string of the molecule is Clc1ccccc1NCCN1CCN(c2nccs2)CC1. The molecular formula is C15H19ClN4S. The summed E-state index contributed by atoms with van der Waals surface area (Å²) in [6, 6.07) is 7.88. The van der Waals surface area contributed by atoms with Crippen molar-refractivity contribution in [2.75, 3.05) is 49.5 Å². The van der Waals surface area contributed by atoms with Gasteiger partial charge in [-0.1, -0.05) is 23.7 Å². The Bertz CT molecular complexity index is 553. The molecule has 0 unspecified atom stereocenters. The van der Waals surface area contributed by atoms with Crippen LogP contribution in [0.4, 0.5) is 10.8 Å². The monoisotopic (exact) mass is 322 g/mol. The first kappa shape index (κ1) is 14.6. The maximum absolute atomic E-state index is 6.13. The lowest BCUT2D eigenvalue weighted by atomic mass is 10.3. The van der Waals surface area contributed by atoms with Crippen molar-refractivity contribution in [1.29, 1.82) is 0 Å². The Hall–Kier alpha value is -1.30. The summed E-state index contributed by atoms with van der Waals surface area (Å²) in [5, 5.41) is 7.36. The van der Waals surface area contributed by atoms with Gasteiger partial charge in [0.05, 0.1) is 10.7 Å². The van der Waals surface area contributed by atoms with Crippen LogP contribution in [0.25, 0.3) is 0 Å². The minimum Gasteiger partial charge on any atom is -0.383 e. The number of anilines is 2. The van der Waals surface area contributed by atoms with E-state index in [1.807, 2.05) is 35.8 Å². The lowest BCUT2D eigenvalue weighted by Crippen LogP contribution is -2.47. The van der Waals surface area contributed by atoms with Crippen molar-refractivity contribution in [3.05, 3.63) is 40.9 Å². The van der Waals surface area contributed by atoms with Crippen LogP contribution in [0.2, 0.25) is 5.02 Å². The zero-order valence-corrected chi connectivity index (χ0v) is 13.4.